The van der Waals surface area contributed by atoms with Crippen LogP contribution in [0.25, 0.3) is 0 Å². The molecule has 1 saturated heterocycles. The predicted molar refractivity (Wildman–Crippen MR) is 126 cm³/mol. The Morgan fingerprint density at radius 3 is 2.59 bits per heavy atom. The first-order valence-corrected chi connectivity index (χ1v) is 12.7. The number of anilines is 1. The van der Waals surface area contributed by atoms with E-state index in [0.29, 0.717) is 0 Å². The molecule has 1 amide bonds. The number of carbonyl (C=O) groups is 1. The van der Waals surface area contributed by atoms with E-state index in [2.05, 4.69) is 52.7 Å². The van der Waals surface area contributed by atoms with Gasteiger partial charge in [-0.15, -0.1) is 22.7 Å². The molecular formula is C22H27N3OS3. The Morgan fingerprint density at radius 2 is 1.97 bits per heavy atom. The summed E-state index contributed by atoms with van der Waals surface area (Å²) in [5.41, 5.74) is 3.89. The third kappa shape index (κ3) is 4.34. The van der Waals surface area contributed by atoms with Crippen LogP contribution in [-0.4, -0.2) is 48.4 Å². The first kappa shape index (κ1) is 20.8. The molecule has 1 aliphatic heterocycles. The van der Waals surface area contributed by atoms with Crippen molar-refractivity contribution in [1.82, 2.24) is 9.80 Å². The van der Waals surface area contributed by atoms with Crippen LogP contribution in [0.2, 0.25) is 0 Å². The largest absolute Gasteiger partial charge is 0.313 e. The van der Waals surface area contributed by atoms with Gasteiger partial charge in [0, 0.05) is 36.6 Å². The van der Waals surface area contributed by atoms with Crippen molar-refractivity contribution in [2.75, 3.05) is 38.0 Å². The van der Waals surface area contributed by atoms with Crippen molar-refractivity contribution in [1.29, 1.82) is 0 Å². The zero-order valence-electron chi connectivity index (χ0n) is 17.1. The molecule has 4 nitrogen and oxygen atoms in total. The number of aryl methyl sites for hydroxylation is 1. The summed E-state index contributed by atoms with van der Waals surface area (Å²) in [6.45, 7) is 12.0. The zero-order chi connectivity index (χ0) is 20.4. The van der Waals surface area contributed by atoms with Gasteiger partial charge in [0.2, 0.25) is 0 Å². The van der Waals surface area contributed by atoms with Crippen LogP contribution in [0, 0.1) is 13.8 Å². The molecule has 7 heteroatoms. The Kier molecular flexibility index (Phi) is 6.51. The molecule has 4 rings (SSSR count). The molecule has 1 atom stereocenters. The Morgan fingerprint density at radius 1 is 1.17 bits per heavy atom. The first-order chi connectivity index (χ1) is 14.1. The van der Waals surface area contributed by atoms with Gasteiger partial charge >= 0.3 is 0 Å². The van der Waals surface area contributed by atoms with E-state index in [9.17, 15) is 4.79 Å². The number of thiophene rings is 3. The lowest BCUT2D eigenvalue weighted by atomic mass is 9.96. The van der Waals surface area contributed by atoms with Gasteiger partial charge in [-0.2, -0.15) is 11.3 Å². The van der Waals surface area contributed by atoms with Crippen LogP contribution in [0.15, 0.2) is 34.3 Å². The maximum Gasteiger partial charge on any atom is 0.266 e. The third-order valence-corrected chi connectivity index (χ3v) is 8.46. The topological polar surface area (TPSA) is 35.6 Å². The van der Waals surface area contributed by atoms with Crippen molar-refractivity contribution in [3.05, 3.63) is 60.8 Å². The van der Waals surface area contributed by atoms with E-state index in [0.717, 1.165) is 42.6 Å². The molecule has 3 aromatic heterocycles. The average Bonchev–Trinajstić information content (AvgIpc) is 3.49. The number of rotatable bonds is 6. The maximum absolute atomic E-state index is 12.8. The minimum Gasteiger partial charge on any atom is -0.313 e. The third-order valence-electron chi connectivity index (χ3n) is 5.76. The monoisotopic (exact) mass is 445 g/mol. The minimum atomic E-state index is -0.0117. The molecule has 0 unspecified atom stereocenters. The van der Waals surface area contributed by atoms with E-state index in [1.165, 1.54) is 32.9 Å². The molecule has 0 aromatic carbocycles. The van der Waals surface area contributed by atoms with Crippen LogP contribution < -0.4 is 5.32 Å². The van der Waals surface area contributed by atoms with Crippen LogP contribution in [0.4, 0.5) is 5.00 Å². The second-order valence-corrected chi connectivity index (χ2v) is 10.3. The van der Waals surface area contributed by atoms with Gasteiger partial charge in [-0.3, -0.25) is 9.69 Å². The van der Waals surface area contributed by atoms with Gasteiger partial charge in [-0.05, 0) is 59.8 Å². The highest BCUT2D eigenvalue weighted by molar-refractivity contribution is 7.17. The van der Waals surface area contributed by atoms with Crippen LogP contribution >= 0.6 is 34.0 Å². The van der Waals surface area contributed by atoms with Crippen molar-refractivity contribution in [2.45, 2.75) is 26.8 Å². The molecule has 154 valence electrons. The fraction of sp³-hybridized carbons (Fsp3) is 0.409. The summed E-state index contributed by atoms with van der Waals surface area (Å²) < 4.78 is 0. The summed E-state index contributed by atoms with van der Waals surface area (Å²) in [7, 11) is 0. The maximum atomic E-state index is 12.8. The van der Waals surface area contributed by atoms with Crippen molar-refractivity contribution in [3.63, 3.8) is 0 Å². The summed E-state index contributed by atoms with van der Waals surface area (Å²) in [6.07, 6.45) is 0. The van der Waals surface area contributed by atoms with Gasteiger partial charge in [-0.25, -0.2) is 0 Å². The lowest BCUT2D eigenvalue weighted by Gasteiger charge is -2.39. The second kappa shape index (κ2) is 9.10. The fourth-order valence-electron chi connectivity index (χ4n) is 3.97. The molecule has 1 N–H and O–H groups in total. The second-order valence-electron chi connectivity index (χ2n) is 7.39. The highest BCUT2D eigenvalue weighted by Crippen LogP contribution is 2.43. The fourth-order valence-corrected chi connectivity index (χ4v) is 6.35. The van der Waals surface area contributed by atoms with Gasteiger partial charge in [-0.1, -0.05) is 13.0 Å². The van der Waals surface area contributed by atoms with E-state index in [-0.39, 0.29) is 11.9 Å². The number of hydrogen-bond acceptors (Lipinski definition) is 6. The average molecular weight is 446 g/mol. The van der Waals surface area contributed by atoms with Crippen LogP contribution in [-0.2, 0) is 0 Å². The van der Waals surface area contributed by atoms with E-state index in [1.807, 2.05) is 17.5 Å². The van der Waals surface area contributed by atoms with E-state index in [1.54, 1.807) is 22.7 Å². The number of piperazine rings is 1. The highest BCUT2D eigenvalue weighted by atomic mass is 32.1. The number of hydrogen-bond donors (Lipinski definition) is 1. The van der Waals surface area contributed by atoms with Gasteiger partial charge < -0.3 is 10.2 Å². The molecule has 1 fully saturated rings. The zero-order valence-corrected chi connectivity index (χ0v) is 19.6. The van der Waals surface area contributed by atoms with Crippen molar-refractivity contribution < 1.29 is 4.79 Å². The predicted octanol–water partition coefficient (Wildman–Crippen LogP) is 5.47. The smallest absolute Gasteiger partial charge is 0.266 e. The number of nitrogens with zero attached hydrogens (tertiary/aromatic N) is 2. The summed E-state index contributed by atoms with van der Waals surface area (Å²) in [6, 6.07) is 6.22. The Hall–Kier alpha value is -1.51. The van der Waals surface area contributed by atoms with Gasteiger partial charge in [0.25, 0.3) is 5.91 Å². The molecular weight excluding hydrogens is 418 g/mol. The summed E-state index contributed by atoms with van der Waals surface area (Å²) >= 11 is 4.93. The SMILES string of the molecule is CCN1CCN([C@@H](c2ccsc2)c2c(NC(=O)c3cccs3)sc(C)c2C)CC1. The summed E-state index contributed by atoms with van der Waals surface area (Å²) in [5, 5.41) is 10.6. The normalized spacial score (nSPS) is 16.8. The minimum absolute atomic E-state index is 0.0117. The van der Waals surface area contributed by atoms with E-state index in [4.69, 9.17) is 0 Å². The number of likely N-dealkylation sites (N-methyl/N-ethyl adjacent to an activating group) is 1. The molecule has 29 heavy (non-hydrogen) atoms. The Balaban J connectivity index is 1.70. The van der Waals surface area contributed by atoms with E-state index >= 15 is 0 Å². The highest BCUT2D eigenvalue weighted by Gasteiger charge is 2.31. The Bertz CT molecular complexity index is 939. The van der Waals surface area contributed by atoms with Crippen LogP contribution in [0.1, 0.15) is 44.2 Å². The standard InChI is InChI=1S/C22H27N3OS3/c1-4-24-8-10-25(11-9-24)20(17-7-13-27-14-17)19-15(2)16(3)29-22(19)23-21(26)18-6-5-12-28-18/h5-7,12-14,20H,4,8-11H2,1-3H3,(H,23,26)/t20-/m0/s1. The Labute approximate surface area is 184 Å². The molecule has 3 aromatic rings. The number of nitrogens with one attached hydrogen (secondary N) is 1. The summed E-state index contributed by atoms with van der Waals surface area (Å²) in [4.78, 5) is 19.9. The lowest BCUT2D eigenvalue weighted by Crippen LogP contribution is -2.47. The van der Waals surface area contributed by atoms with Gasteiger partial charge in [0.05, 0.1) is 10.9 Å². The lowest BCUT2D eigenvalue weighted by molar-refractivity contribution is 0.102. The van der Waals surface area contributed by atoms with Crippen LogP contribution in [0.3, 0.4) is 0 Å². The van der Waals surface area contributed by atoms with Gasteiger partial charge in [0.1, 0.15) is 5.00 Å². The molecule has 0 radical (unpaired) electrons. The van der Waals surface area contributed by atoms with Crippen LogP contribution in [0.5, 0.6) is 0 Å². The van der Waals surface area contributed by atoms with Gasteiger partial charge in [0.15, 0.2) is 0 Å². The molecule has 0 spiro atoms. The van der Waals surface area contributed by atoms with Crippen molar-refractivity contribution in [3.8, 4) is 0 Å². The molecule has 4 heterocycles. The van der Waals surface area contributed by atoms with E-state index < -0.39 is 0 Å². The quantitative estimate of drug-likeness (QED) is 0.547. The van der Waals surface area contributed by atoms with Crippen molar-refractivity contribution >= 4 is 44.9 Å². The number of amides is 1. The molecule has 1 aliphatic rings. The molecule has 0 bridgehead atoms. The molecule has 0 aliphatic carbocycles. The first-order valence-electron chi connectivity index (χ1n) is 10.0. The number of carbonyl (C=O) groups excluding carboxylic acids is 1. The van der Waals surface area contributed by atoms with Crippen molar-refractivity contribution in [2.24, 2.45) is 0 Å². The molecule has 0 saturated carbocycles. The summed E-state index contributed by atoms with van der Waals surface area (Å²) in [5.74, 6) is -0.0117.